The van der Waals surface area contributed by atoms with Gasteiger partial charge >= 0.3 is 0 Å². The zero-order valence-electron chi connectivity index (χ0n) is 20.6. The van der Waals surface area contributed by atoms with Crippen LogP contribution in [0.25, 0.3) is 11.1 Å². The Morgan fingerprint density at radius 1 is 1.09 bits per heavy atom. The lowest BCUT2D eigenvalue weighted by Crippen LogP contribution is -2.21. The number of hydrogen-bond donors (Lipinski definition) is 1. The van der Waals surface area contributed by atoms with Crippen molar-refractivity contribution in [1.82, 2.24) is 4.98 Å². The Labute approximate surface area is 204 Å². The van der Waals surface area contributed by atoms with Gasteiger partial charge in [0, 0.05) is 24.2 Å². The summed E-state index contributed by atoms with van der Waals surface area (Å²) < 4.78 is 40.8. The molecule has 2 aliphatic rings. The fraction of sp³-hybridized carbons (Fsp3) is 0.414. The van der Waals surface area contributed by atoms with Crippen LogP contribution in [0.15, 0.2) is 42.6 Å². The summed E-state index contributed by atoms with van der Waals surface area (Å²) in [4.78, 5) is 4.44. The normalized spacial score (nSPS) is 20.4. The van der Waals surface area contributed by atoms with Crippen molar-refractivity contribution in [1.29, 1.82) is 0 Å². The van der Waals surface area contributed by atoms with Crippen molar-refractivity contribution in [2.75, 3.05) is 6.61 Å². The fourth-order valence-corrected chi connectivity index (χ4v) is 5.15. The van der Waals surface area contributed by atoms with Crippen molar-refractivity contribution in [2.45, 2.75) is 58.7 Å². The molecule has 0 bridgehead atoms. The van der Waals surface area contributed by atoms with E-state index < -0.39 is 11.4 Å². The molecule has 0 spiro atoms. The van der Waals surface area contributed by atoms with E-state index in [2.05, 4.69) is 11.9 Å². The van der Waals surface area contributed by atoms with Gasteiger partial charge < -0.3 is 14.6 Å². The molecular weight excluding hydrogens is 448 g/mol. The van der Waals surface area contributed by atoms with Crippen molar-refractivity contribution in [2.24, 2.45) is 11.8 Å². The molecule has 1 N–H and O–H groups in total. The molecule has 1 fully saturated rings. The van der Waals surface area contributed by atoms with Crippen LogP contribution in [0.4, 0.5) is 8.78 Å². The summed E-state index contributed by atoms with van der Waals surface area (Å²) in [6, 6.07) is 9.84. The maximum atomic E-state index is 14.7. The zero-order valence-corrected chi connectivity index (χ0v) is 20.6. The van der Waals surface area contributed by atoms with Gasteiger partial charge in [-0.25, -0.2) is 13.8 Å². The summed E-state index contributed by atoms with van der Waals surface area (Å²) in [6.07, 6.45) is 3.35. The van der Waals surface area contributed by atoms with Crippen molar-refractivity contribution in [3.05, 3.63) is 76.5 Å². The minimum absolute atomic E-state index is 0.0365. The number of pyridine rings is 1. The highest BCUT2D eigenvalue weighted by Crippen LogP contribution is 2.61. The van der Waals surface area contributed by atoms with Crippen molar-refractivity contribution < 1.29 is 23.4 Å². The summed E-state index contributed by atoms with van der Waals surface area (Å²) in [6.45, 7) is 7.67. The standard InChI is InChI=1S/C29H31F2NO3/c1-16-9-24(30)20(15-35-27-13-19-10-22-17(2)28(22)23(19)14-32-27)11-21(16)18-5-6-26(25(31)12-18)34-8-7-29(3,4)33/h5-6,9,11-14,17,22,28,33H,7-8,10,15H2,1-4H3/t17-,22-,28+/m0/s1. The largest absolute Gasteiger partial charge is 0.490 e. The Balaban J connectivity index is 1.30. The number of aromatic nitrogens is 1. The Bertz CT molecular complexity index is 1270. The molecule has 0 unspecified atom stereocenters. The fourth-order valence-electron chi connectivity index (χ4n) is 5.15. The molecule has 6 heteroatoms. The molecule has 2 aliphatic carbocycles. The third-order valence-corrected chi connectivity index (χ3v) is 7.36. The zero-order chi connectivity index (χ0) is 24.9. The lowest BCUT2D eigenvalue weighted by molar-refractivity contribution is 0.0547. The monoisotopic (exact) mass is 479 g/mol. The van der Waals surface area contributed by atoms with Gasteiger partial charge in [0.1, 0.15) is 12.4 Å². The van der Waals surface area contributed by atoms with E-state index in [9.17, 15) is 13.9 Å². The quantitative estimate of drug-likeness (QED) is 0.409. The lowest BCUT2D eigenvalue weighted by atomic mass is 9.97. The number of halogens is 2. The SMILES string of the molecule is Cc1cc(F)c(COc2cc3c(cn2)[C@@H]2[C@@H](C)[C@@H]2C3)cc1-c1ccc(OCCC(C)(C)O)c(F)c1. The number of rotatable bonds is 8. The Hall–Kier alpha value is -2.99. The number of nitrogens with zero attached hydrogens (tertiary/aromatic N) is 1. The second-order valence-corrected chi connectivity index (χ2v) is 10.6. The highest BCUT2D eigenvalue weighted by atomic mass is 19.1. The molecule has 0 amide bonds. The van der Waals surface area contributed by atoms with E-state index in [1.807, 2.05) is 12.3 Å². The first-order chi connectivity index (χ1) is 16.6. The van der Waals surface area contributed by atoms with Crippen LogP contribution in [-0.4, -0.2) is 22.3 Å². The van der Waals surface area contributed by atoms with Crippen LogP contribution in [0.3, 0.4) is 0 Å². The number of benzene rings is 2. The van der Waals surface area contributed by atoms with Gasteiger partial charge in [-0.2, -0.15) is 0 Å². The van der Waals surface area contributed by atoms with Gasteiger partial charge in [-0.15, -0.1) is 0 Å². The van der Waals surface area contributed by atoms with E-state index in [1.54, 1.807) is 39.0 Å². The molecule has 1 heterocycles. The Morgan fingerprint density at radius 2 is 1.89 bits per heavy atom. The average Bonchev–Trinajstić information content (AvgIpc) is 3.24. The summed E-state index contributed by atoms with van der Waals surface area (Å²) >= 11 is 0. The smallest absolute Gasteiger partial charge is 0.213 e. The number of aryl methyl sites for hydroxylation is 1. The third-order valence-electron chi connectivity index (χ3n) is 7.36. The minimum Gasteiger partial charge on any atom is -0.490 e. The van der Waals surface area contributed by atoms with E-state index in [1.165, 1.54) is 23.3 Å². The summed E-state index contributed by atoms with van der Waals surface area (Å²) in [5.41, 5.74) is 4.17. The van der Waals surface area contributed by atoms with Gasteiger partial charge in [0.2, 0.25) is 5.88 Å². The molecule has 35 heavy (non-hydrogen) atoms. The van der Waals surface area contributed by atoms with Crippen LogP contribution < -0.4 is 9.47 Å². The summed E-state index contributed by atoms with van der Waals surface area (Å²) in [7, 11) is 0. The molecule has 2 aromatic carbocycles. The predicted octanol–water partition coefficient (Wildman–Crippen LogP) is 6.36. The van der Waals surface area contributed by atoms with E-state index in [4.69, 9.17) is 9.47 Å². The van der Waals surface area contributed by atoms with Crippen molar-refractivity contribution >= 4 is 0 Å². The predicted molar refractivity (Wildman–Crippen MR) is 131 cm³/mol. The molecule has 0 radical (unpaired) electrons. The molecule has 4 nitrogen and oxygen atoms in total. The van der Waals surface area contributed by atoms with Crippen LogP contribution in [0, 0.1) is 30.4 Å². The molecule has 184 valence electrons. The van der Waals surface area contributed by atoms with Gasteiger partial charge in [-0.05, 0) is 97.0 Å². The van der Waals surface area contributed by atoms with Gasteiger partial charge in [-0.3, -0.25) is 0 Å². The van der Waals surface area contributed by atoms with E-state index in [-0.39, 0.29) is 24.8 Å². The lowest BCUT2D eigenvalue weighted by Gasteiger charge is -2.17. The molecule has 1 saturated carbocycles. The highest BCUT2D eigenvalue weighted by Gasteiger charge is 2.52. The molecule has 3 atom stereocenters. The van der Waals surface area contributed by atoms with Crippen LogP contribution in [0.5, 0.6) is 11.6 Å². The molecule has 1 aromatic heterocycles. The van der Waals surface area contributed by atoms with Crippen LogP contribution in [-0.2, 0) is 13.0 Å². The van der Waals surface area contributed by atoms with Gasteiger partial charge in [0.15, 0.2) is 11.6 Å². The van der Waals surface area contributed by atoms with Gasteiger partial charge in [-0.1, -0.05) is 13.0 Å². The van der Waals surface area contributed by atoms with Crippen LogP contribution in [0.2, 0.25) is 0 Å². The molecule has 5 rings (SSSR count). The number of fused-ring (bicyclic) bond motifs is 3. The minimum atomic E-state index is -0.881. The first-order valence-corrected chi connectivity index (χ1v) is 12.2. The molecule has 3 aromatic rings. The number of aliphatic hydroxyl groups is 1. The summed E-state index contributed by atoms with van der Waals surface area (Å²) in [5, 5.41) is 9.80. The maximum absolute atomic E-state index is 14.7. The second kappa shape index (κ2) is 8.90. The van der Waals surface area contributed by atoms with E-state index in [0.29, 0.717) is 34.9 Å². The van der Waals surface area contributed by atoms with Crippen LogP contribution in [0.1, 0.15) is 55.4 Å². The number of hydrogen-bond acceptors (Lipinski definition) is 4. The van der Waals surface area contributed by atoms with E-state index >= 15 is 0 Å². The number of ether oxygens (including phenoxy) is 2. The highest BCUT2D eigenvalue weighted by molar-refractivity contribution is 5.69. The van der Waals surface area contributed by atoms with Crippen LogP contribution >= 0.6 is 0 Å². The maximum Gasteiger partial charge on any atom is 0.213 e. The van der Waals surface area contributed by atoms with Crippen molar-refractivity contribution in [3.63, 3.8) is 0 Å². The van der Waals surface area contributed by atoms with Gasteiger partial charge in [0.05, 0.1) is 12.2 Å². The second-order valence-electron chi connectivity index (χ2n) is 10.6. The molecular formula is C29H31F2NO3. The Morgan fingerprint density at radius 3 is 2.63 bits per heavy atom. The topological polar surface area (TPSA) is 51.6 Å². The van der Waals surface area contributed by atoms with Crippen molar-refractivity contribution in [3.8, 4) is 22.8 Å². The Kier molecular flexibility index (Phi) is 6.04. The third kappa shape index (κ3) is 4.90. The van der Waals surface area contributed by atoms with Gasteiger partial charge in [0.25, 0.3) is 0 Å². The first-order valence-electron chi connectivity index (χ1n) is 12.2. The average molecular weight is 480 g/mol. The molecule has 0 aliphatic heterocycles. The summed E-state index contributed by atoms with van der Waals surface area (Å²) in [5.74, 6) is 1.87. The van der Waals surface area contributed by atoms with E-state index in [0.717, 1.165) is 23.8 Å². The first kappa shape index (κ1) is 23.7. The molecule has 0 saturated heterocycles.